The van der Waals surface area contributed by atoms with E-state index < -0.39 is 0 Å². The van der Waals surface area contributed by atoms with Crippen LogP contribution in [0.4, 0.5) is 5.00 Å². The number of nitrogens with one attached hydrogen (secondary N) is 2. The van der Waals surface area contributed by atoms with Gasteiger partial charge in [-0.2, -0.15) is 0 Å². The van der Waals surface area contributed by atoms with Gasteiger partial charge in [0, 0.05) is 11.3 Å². The molecule has 3 heterocycles. The average molecular weight is 330 g/mol. The molecule has 1 aromatic heterocycles. The van der Waals surface area contributed by atoms with Gasteiger partial charge in [0.15, 0.2) is 0 Å². The molecule has 0 aliphatic carbocycles. The Labute approximate surface area is 138 Å². The molecule has 2 aromatic rings. The molecule has 1 atom stereocenters. The second kappa shape index (κ2) is 4.97. The highest BCUT2D eigenvalue weighted by Gasteiger charge is 2.36. The zero-order chi connectivity index (χ0) is 16.2. The Morgan fingerprint density at radius 3 is 2.74 bits per heavy atom. The number of benzene rings is 1. The molecule has 23 heavy (non-hydrogen) atoms. The fraction of sp³-hybridized carbons (Fsp3) is 0.353. The number of fused-ring (bicyclic) bond motifs is 3. The van der Waals surface area contributed by atoms with Crippen LogP contribution in [0.25, 0.3) is 0 Å². The lowest BCUT2D eigenvalue weighted by Crippen LogP contribution is -2.39. The zero-order valence-electron chi connectivity index (χ0n) is 13.0. The van der Waals surface area contributed by atoms with Crippen molar-refractivity contribution in [3.8, 4) is 5.75 Å². The van der Waals surface area contributed by atoms with Crippen LogP contribution in [0.15, 0.2) is 24.3 Å². The number of hydrogen-bond donors (Lipinski definition) is 3. The normalized spacial score (nSPS) is 21.8. The highest BCUT2D eigenvalue weighted by atomic mass is 32.1. The van der Waals surface area contributed by atoms with Crippen molar-refractivity contribution >= 4 is 22.2 Å². The van der Waals surface area contributed by atoms with Gasteiger partial charge in [0.1, 0.15) is 16.9 Å². The van der Waals surface area contributed by atoms with E-state index in [1.807, 2.05) is 13.8 Å². The number of amides is 1. The number of thiophene rings is 1. The highest BCUT2D eigenvalue weighted by molar-refractivity contribution is 7.16. The maximum atomic E-state index is 12.6. The van der Waals surface area contributed by atoms with Crippen LogP contribution in [-0.4, -0.2) is 16.6 Å². The van der Waals surface area contributed by atoms with Crippen molar-refractivity contribution < 1.29 is 14.6 Å². The van der Waals surface area contributed by atoms with Crippen LogP contribution in [-0.2, 0) is 17.8 Å². The van der Waals surface area contributed by atoms with E-state index in [1.54, 1.807) is 35.6 Å². The van der Waals surface area contributed by atoms with Crippen molar-refractivity contribution in [3.05, 3.63) is 45.8 Å². The van der Waals surface area contributed by atoms with Crippen LogP contribution in [0.1, 0.15) is 46.4 Å². The summed E-state index contributed by atoms with van der Waals surface area (Å²) in [6.45, 7) is 4.65. The summed E-state index contributed by atoms with van der Waals surface area (Å²) in [7, 11) is 0. The maximum Gasteiger partial charge on any atom is 0.256 e. The largest absolute Gasteiger partial charge is 0.508 e. The first-order valence-corrected chi connectivity index (χ1v) is 8.39. The lowest BCUT2D eigenvalue weighted by atomic mass is 9.92. The Morgan fingerprint density at radius 1 is 1.26 bits per heavy atom. The van der Waals surface area contributed by atoms with Crippen LogP contribution < -0.4 is 10.6 Å². The Kier molecular flexibility index (Phi) is 3.14. The number of phenolic OH excluding ortho intramolecular Hbond substituents is 1. The minimum atomic E-state index is -0.287. The van der Waals surface area contributed by atoms with E-state index in [4.69, 9.17) is 4.74 Å². The van der Waals surface area contributed by atoms with E-state index in [2.05, 4.69) is 10.6 Å². The molecule has 0 saturated carbocycles. The molecule has 1 unspecified atom stereocenters. The Hall–Kier alpha value is -2.05. The highest BCUT2D eigenvalue weighted by Crippen LogP contribution is 2.43. The lowest BCUT2D eigenvalue weighted by Gasteiger charge is -2.31. The summed E-state index contributed by atoms with van der Waals surface area (Å²) < 4.78 is 5.85. The predicted molar refractivity (Wildman–Crippen MR) is 88.8 cm³/mol. The Balaban J connectivity index is 1.70. The number of carbonyl (C=O) groups excluding carboxylic acids is 1. The monoisotopic (exact) mass is 330 g/mol. The maximum absolute atomic E-state index is 12.6. The van der Waals surface area contributed by atoms with Gasteiger partial charge < -0.3 is 20.5 Å². The van der Waals surface area contributed by atoms with Crippen LogP contribution in [0.3, 0.4) is 0 Å². The summed E-state index contributed by atoms with van der Waals surface area (Å²) in [4.78, 5) is 13.8. The number of rotatable bonds is 1. The fourth-order valence-corrected chi connectivity index (χ4v) is 4.26. The average Bonchev–Trinajstić information content (AvgIpc) is 2.84. The van der Waals surface area contributed by atoms with Crippen molar-refractivity contribution in [2.75, 3.05) is 5.32 Å². The third-order valence-electron chi connectivity index (χ3n) is 4.29. The Bertz CT molecular complexity index is 780. The molecule has 0 bridgehead atoms. The first kappa shape index (κ1) is 14.5. The van der Waals surface area contributed by atoms with E-state index >= 15 is 0 Å². The zero-order valence-corrected chi connectivity index (χ0v) is 13.8. The number of anilines is 1. The quantitative estimate of drug-likeness (QED) is 0.751. The van der Waals surface area contributed by atoms with Crippen molar-refractivity contribution in [2.24, 2.45) is 0 Å². The lowest BCUT2D eigenvalue weighted by molar-refractivity contribution is -0.0383. The molecule has 4 rings (SSSR count). The molecule has 0 saturated heterocycles. The van der Waals surface area contributed by atoms with Crippen molar-refractivity contribution in [3.63, 3.8) is 0 Å². The van der Waals surface area contributed by atoms with Gasteiger partial charge in [-0.15, -0.1) is 11.3 Å². The molecule has 1 aromatic carbocycles. The summed E-state index contributed by atoms with van der Waals surface area (Å²) in [5.41, 5.74) is 2.53. The van der Waals surface area contributed by atoms with Gasteiger partial charge in [0.25, 0.3) is 5.91 Å². The molecule has 3 N–H and O–H groups in total. The van der Waals surface area contributed by atoms with E-state index in [0.29, 0.717) is 6.61 Å². The molecule has 120 valence electrons. The first-order chi connectivity index (χ1) is 10.9. The summed E-state index contributed by atoms with van der Waals surface area (Å²) in [5, 5.41) is 16.7. The van der Waals surface area contributed by atoms with Crippen LogP contribution in [0.2, 0.25) is 0 Å². The number of carbonyl (C=O) groups is 1. The third kappa shape index (κ3) is 2.48. The molecule has 2 aliphatic rings. The van der Waals surface area contributed by atoms with E-state index in [1.165, 1.54) is 0 Å². The van der Waals surface area contributed by atoms with E-state index in [9.17, 15) is 9.90 Å². The number of phenols is 1. The number of hydrogen-bond acceptors (Lipinski definition) is 5. The second-order valence-electron chi connectivity index (χ2n) is 6.58. The van der Waals surface area contributed by atoms with Crippen molar-refractivity contribution in [1.29, 1.82) is 0 Å². The van der Waals surface area contributed by atoms with E-state index in [0.717, 1.165) is 33.0 Å². The Morgan fingerprint density at radius 2 is 2.00 bits per heavy atom. The topological polar surface area (TPSA) is 70.6 Å². The molecule has 0 spiro atoms. The summed E-state index contributed by atoms with van der Waals surface area (Å²) >= 11 is 1.60. The van der Waals surface area contributed by atoms with Gasteiger partial charge in [0.2, 0.25) is 0 Å². The standard InChI is InChI=1S/C17H18N2O3S/c1-17(2)7-11-12(8-22-17)23-16-13(11)15(21)18-14(19-16)9-3-5-10(20)6-4-9/h3-6,14,19-20H,7-8H2,1-2H3,(H,18,21). The van der Waals surface area contributed by atoms with Crippen LogP contribution in [0.5, 0.6) is 5.75 Å². The van der Waals surface area contributed by atoms with Crippen molar-refractivity contribution in [1.82, 2.24) is 5.32 Å². The molecular formula is C17H18N2O3S. The van der Waals surface area contributed by atoms with Gasteiger partial charge in [0.05, 0.1) is 17.8 Å². The summed E-state index contributed by atoms with van der Waals surface area (Å²) in [6.07, 6.45) is 0.456. The minimum Gasteiger partial charge on any atom is -0.508 e. The van der Waals surface area contributed by atoms with Gasteiger partial charge in [-0.1, -0.05) is 12.1 Å². The first-order valence-electron chi connectivity index (χ1n) is 7.58. The van der Waals surface area contributed by atoms with Crippen LogP contribution in [0, 0.1) is 0 Å². The SMILES string of the molecule is CC1(C)Cc2c(sc3c2C(=O)NC(c2ccc(O)cc2)N3)CO1. The third-order valence-corrected chi connectivity index (χ3v) is 5.43. The van der Waals surface area contributed by atoms with Gasteiger partial charge in [-0.25, -0.2) is 0 Å². The molecule has 5 nitrogen and oxygen atoms in total. The predicted octanol–water partition coefficient (Wildman–Crippen LogP) is 3.16. The van der Waals surface area contributed by atoms with Gasteiger partial charge in [-0.05, 0) is 37.1 Å². The summed E-state index contributed by atoms with van der Waals surface area (Å²) in [5.74, 6) is 0.162. The number of ether oxygens (including phenoxy) is 1. The summed E-state index contributed by atoms with van der Waals surface area (Å²) in [6, 6.07) is 6.85. The molecule has 0 radical (unpaired) electrons. The van der Waals surface area contributed by atoms with Gasteiger partial charge >= 0.3 is 0 Å². The van der Waals surface area contributed by atoms with E-state index in [-0.39, 0.29) is 23.4 Å². The van der Waals surface area contributed by atoms with Gasteiger partial charge in [-0.3, -0.25) is 4.79 Å². The smallest absolute Gasteiger partial charge is 0.256 e. The molecule has 1 amide bonds. The second-order valence-corrected chi connectivity index (χ2v) is 7.68. The van der Waals surface area contributed by atoms with Crippen LogP contribution >= 0.6 is 11.3 Å². The molecule has 6 heteroatoms. The minimum absolute atomic E-state index is 0.0491. The molecule has 2 aliphatic heterocycles. The van der Waals surface area contributed by atoms with Crippen molar-refractivity contribution in [2.45, 2.75) is 38.6 Å². The molecule has 0 fully saturated rings. The molecular weight excluding hydrogens is 312 g/mol. The fourth-order valence-electron chi connectivity index (χ4n) is 3.10. The number of aromatic hydroxyl groups is 1.